The van der Waals surface area contributed by atoms with Gasteiger partial charge in [-0.25, -0.2) is 0 Å². The van der Waals surface area contributed by atoms with Crippen LogP contribution >= 0.6 is 0 Å². The van der Waals surface area contributed by atoms with E-state index in [1.54, 1.807) is 6.08 Å². The van der Waals surface area contributed by atoms with Gasteiger partial charge < -0.3 is 30.1 Å². The summed E-state index contributed by atoms with van der Waals surface area (Å²) in [5.74, 6) is -1.76. The van der Waals surface area contributed by atoms with Gasteiger partial charge in [-0.05, 0) is 49.0 Å². The van der Waals surface area contributed by atoms with Crippen LogP contribution in [0.4, 0.5) is 0 Å². The van der Waals surface area contributed by atoms with E-state index < -0.39 is 11.9 Å². The number of carbonyl (C=O) groups is 2. The van der Waals surface area contributed by atoms with E-state index in [1.165, 1.54) is 7.11 Å². The Morgan fingerprint density at radius 2 is 1.85 bits per heavy atom. The largest absolute Gasteiger partial charge is 2.00 e. The number of esters is 1. The second-order valence-corrected chi connectivity index (χ2v) is 10.7. The van der Waals surface area contributed by atoms with E-state index in [1.807, 2.05) is 39.0 Å². The van der Waals surface area contributed by atoms with Gasteiger partial charge in [0.2, 0.25) is 0 Å². The van der Waals surface area contributed by atoms with Gasteiger partial charge in [-0.1, -0.05) is 61.4 Å². The van der Waals surface area contributed by atoms with Crippen molar-refractivity contribution in [2.45, 2.75) is 46.6 Å². The fourth-order valence-corrected chi connectivity index (χ4v) is 6.44. The number of hydrogen-bond donors (Lipinski definition) is 2. The first-order chi connectivity index (χ1) is 19.2. The number of ketones is 1. The molecular weight excluding hydrogens is 529 g/mol. The summed E-state index contributed by atoms with van der Waals surface area (Å²) < 4.78 is 5.09. The maximum absolute atomic E-state index is 13.7. The zero-order valence-electron chi connectivity index (χ0n) is 24.0. The third-order valence-electron chi connectivity index (χ3n) is 8.58. The smallest absolute Gasteiger partial charge is 0.657 e. The fourth-order valence-electron chi connectivity index (χ4n) is 6.44. The zero-order valence-corrected chi connectivity index (χ0v) is 25.4. The minimum absolute atomic E-state index is 0. The first-order valence-corrected chi connectivity index (χ1v) is 13.5. The third-order valence-corrected chi connectivity index (χ3v) is 8.58. The Morgan fingerprint density at radius 3 is 2.51 bits per heavy atom. The van der Waals surface area contributed by atoms with Crippen molar-refractivity contribution in [2.75, 3.05) is 7.11 Å². The summed E-state index contributed by atoms with van der Waals surface area (Å²) in [5.41, 5.74) is 7.72. The molecule has 2 N–H and O–H groups in total. The van der Waals surface area contributed by atoms with Gasteiger partial charge in [0, 0.05) is 17.3 Å². The molecule has 41 heavy (non-hydrogen) atoms. The minimum atomic E-state index is -1.03. The van der Waals surface area contributed by atoms with Crippen LogP contribution < -0.4 is 41.5 Å². The number of aliphatic hydroxyl groups is 1. The molecule has 3 atom stereocenters. The number of nitrogens with zero attached hydrogens (tertiary/aromatic N) is 3. The van der Waals surface area contributed by atoms with E-state index >= 15 is 0 Å². The van der Waals surface area contributed by atoms with Crippen molar-refractivity contribution in [3.8, 4) is 0 Å². The Hall–Kier alpha value is -3.69. The zero-order chi connectivity index (χ0) is 28.5. The maximum Gasteiger partial charge on any atom is 2.00 e. The molecule has 0 radical (unpaired) electrons. The van der Waals surface area contributed by atoms with E-state index in [2.05, 4.69) is 18.8 Å². The van der Waals surface area contributed by atoms with Gasteiger partial charge >= 0.3 is 29.0 Å². The molecule has 206 valence electrons. The molecule has 1 unspecified atom stereocenters. The molecule has 3 aliphatic rings. The van der Waals surface area contributed by atoms with E-state index in [9.17, 15) is 14.7 Å². The van der Waals surface area contributed by atoms with Gasteiger partial charge in [-0.15, -0.1) is 33.1 Å². The van der Waals surface area contributed by atoms with E-state index in [0.717, 1.165) is 40.0 Å². The molecule has 5 heterocycles. The SMILES string of the molecule is C=Cc1c2[n-]c(c1C)/C=C1\NC(C[C@@H]1C)C1=c3[n-]/c(c(C)c3C(=O)[C@@H]1C(=O)OC)=C\c1[n-]c(/c(=C\O)c1CC)=C\2.[Mg+2]. The number of allylic oxidation sites excluding steroid dienone is 1. The van der Waals surface area contributed by atoms with Gasteiger partial charge in [0.25, 0.3) is 0 Å². The standard InChI is InChI=1S/C32H31N4O4.Mg/c1-7-17-15(4)21-10-20-14(3)9-26(33-20)28-29(32(39)40-6)31(38)27-16(5)22(36-30(27)28)11-24-18(8-2)19(13-37)25(35-24)12-23(17)34-21;/h7,10-14,26,29,33H,1,8-9H2,2-6H3,(H,37,38);/q-3;+2/b20-10-,25-12-;/t14-,26?,29+;/m0./s1. The van der Waals surface area contributed by atoms with Gasteiger partial charge in [0.05, 0.1) is 13.4 Å². The number of aliphatic hydroxyl groups excluding tert-OH is 1. The summed E-state index contributed by atoms with van der Waals surface area (Å²) in [5, 5.41) is 16.2. The van der Waals surface area contributed by atoms with Gasteiger partial charge in [-0.3, -0.25) is 9.59 Å². The van der Waals surface area contributed by atoms with Crippen molar-refractivity contribution in [3.63, 3.8) is 0 Å². The van der Waals surface area contributed by atoms with Crippen LogP contribution in [0.15, 0.2) is 12.3 Å². The quantitative estimate of drug-likeness (QED) is 0.270. The molecular formula is C32H31MgN4O4-. The molecule has 0 aromatic carbocycles. The molecule has 8 bridgehead atoms. The number of methoxy groups -OCH3 is 1. The van der Waals surface area contributed by atoms with Crippen LogP contribution in [-0.2, 0) is 16.0 Å². The second kappa shape index (κ2) is 10.6. The molecule has 9 heteroatoms. The maximum atomic E-state index is 13.7. The Labute approximate surface area is 253 Å². The molecule has 0 spiro atoms. The fraction of sp³-hybridized carbons (Fsp3) is 0.312. The Morgan fingerprint density at radius 1 is 1.12 bits per heavy atom. The van der Waals surface area contributed by atoms with Gasteiger partial charge in [-0.2, -0.15) is 0 Å². The van der Waals surface area contributed by atoms with E-state index in [4.69, 9.17) is 19.7 Å². The van der Waals surface area contributed by atoms with Crippen LogP contribution in [0.3, 0.4) is 0 Å². The molecule has 0 amide bonds. The molecule has 2 aliphatic heterocycles. The van der Waals surface area contributed by atoms with Gasteiger partial charge in [0.15, 0.2) is 5.78 Å². The van der Waals surface area contributed by atoms with Crippen LogP contribution in [0.2, 0.25) is 0 Å². The Bertz CT molecular complexity index is 1900. The predicted molar refractivity (Wildman–Crippen MR) is 159 cm³/mol. The Balaban J connectivity index is 0.00000337. The van der Waals surface area contributed by atoms with E-state index in [-0.39, 0.29) is 40.8 Å². The first kappa shape index (κ1) is 28.8. The summed E-state index contributed by atoms with van der Waals surface area (Å²) >= 11 is 0. The number of hydrogen-bond acceptors (Lipinski definition) is 5. The summed E-state index contributed by atoms with van der Waals surface area (Å²) in [6.07, 6.45) is 9.97. The summed E-state index contributed by atoms with van der Waals surface area (Å²) in [7, 11) is 1.31. The normalized spacial score (nSPS) is 24.0. The van der Waals surface area contributed by atoms with Crippen molar-refractivity contribution in [3.05, 3.63) is 78.4 Å². The molecule has 1 aliphatic carbocycles. The monoisotopic (exact) mass is 559 g/mol. The van der Waals surface area contributed by atoms with Crippen molar-refractivity contribution in [1.82, 2.24) is 20.3 Å². The topological polar surface area (TPSA) is 118 Å². The molecule has 3 aromatic heterocycles. The summed E-state index contributed by atoms with van der Waals surface area (Å²) in [4.78, 5) is 41.4. The van der Waals surface area contributed by atoms with Crippen molar-refractivity contribution in [1.29, 1.82) is 0 Å². The molecule has 0 saturated carbocycles. The van der Waals surface area contributed by atoms with E-state index in [0.29, 0.717) is 56.5 Å². The predicted octanol–water partition coefficient (Wildman–Crippen LogP) is 0.442. The average molecular weight is 560 g/mol. The minimum Gasteiger partial charge on any atom is -0.657 e. The molecule has 6 rings (SSSR count). The molecule has 1 fully saturated rings. The number of ether oxygens (including phenoxy) is 1. The molecule has 3 aromatic rings. The summed E-state index contributed by atoms with van der Waals surface area (Å²) in [6.45, 7) is 12.0. The van der Waals surface area contributed by atoms with Crippen molar-refractivity contribution >= 4 is 70.9 Å². The molecule has 1 saturated heterocycles. The second-order valence-electron chi connectivity index (χ2n) is 10.7. The Kier molecular flexibility index (Phi) is 7.46. The van der Waals surface area contributed by atoms with Crippen molar-refractivity contribution < 1.29 is 19.4 Å². The van der Waals surface area contributed by atoms with Crippen molar-refractivity contribution in [2.24, 2.45) is 11.8 Å². The third kappa shape index (κ3) is 4.25. The number of aromatic nitrogens is 3. The van der Waals surface area contributed by atoms with Crippen LogP contribution in [0.5, 0.6) is 0 Å². The van der Waals surface area contributed by atoms with Crippen LogP contribution in [-0.4, -0.2) is 53.1 Å². The van der Waals surface area contributed by atoms with Crippen LogP contribution in [0.25, 0.3) is 36.1 Å². The number of rotatable bonds is 3. The first-order valence-electron chi connectivity index (χ1n) is 13.5. The number of nitrogens with one attached hydrogen (secondary N) is 1. The number of Topliss-reactive ketones (excluding diaryl/α,β-unsaturated/α-hetero) is 1. The number of fused-ring (bicyclic) bond motifs is 8. The van der Waals surface area contributed by atoms with Gasteiger partial charge in [0.1, 0.15) is 5.92 Å². The average Bonchev–Trinajstić information content (AvgIpc) is 3.69. The molecule has 8 nitrogen and oxygen atoms in total. The number of carbonyl (C=O) groups excluding carboxylic acids is 2. The van der Waals surface area contributed by atoms with Crippen LogP contribution in [0.1, 0.15) is 70.0 Å². The summed E-state index contributed by atoms with van der Waals surface area (Å²) in [6, 6.07) is -0.267. The van der Waals surface area contributed by atoms with Crippen LogP contribution in [0, 0.1) is 25.7 Å².